The van der Waals surface area contributed by atoms with Crippen LogP contribution in [0.25, 0.3) is 0 Å². The van der Waals surface area contributed by atoms with E-state index >= 15 is 0 Å². The smallest absolute Gasteiger partial charge is 0.125 e. The van der Waals surface area contributed by atoms with Crippen LogP contribution in [-0.4, -0.2) is 6.04 Å². The topological polar surface area (TPSA) is 41.1 Å². The lowest BCUT2D eigenvalue weighted by atomic mass is 10.2. The number of halogens is 1. The van der Waals surface area contributed by atoms with Crippen molar-refractivity contribution < 1.29 is 4.39 Å². The first-order valence-corrected chi connectivity index (χ1v) is 8.35. The molecule has 1 saturated heterocycles. The Morgan fingerprint density at radius 2 is 2.08 bits per heavy atom. The van der Waals surface area contributed by atoms with E-state index in [4.69, 9.17) is 5.73 Å². The van der Waals surface area contributed by atoms with Gasteiger partial charge in [0.1, 0.15) is 5.82 Å². The summed E-state index contributed by atoms with van der Waals surface area (Å²) in [5.74, 6) is -0.246. The molecule has 4 heteroatoms. The van der Waals surface area contributed by atoms with Gasteiger partial charge in [0.2, 0.25) is 0 Å². The fourth-order valence-electron chi connectivity index (χ4n) is 2.13. The molecule has 1 fully saturated rings. The summed E-state index contributed by atoms with van der Waals surface area (Å²) in [5.41, 5.74) is 9.57. The van der Waals surface area contributed by atoms with E-state index in [0.29, 0.717) is 0 Å². The molecule has 2 rings (SSSR count). The molecule has 1 atom stereocenters. The second-order valence-corrected chi connectivity index (χ2v) is 5.22. The summed E-state index contributed by atoms with van der Waals surface area (Å²) < 4.78 is 13.3. The summed E-state index contributed by atoms with van der Waals surface area (Å²) in [4.78, 5) is 1.94. The van der Waals surface area contributed by atoms with Crippen molar-refractivity contribution in [3.8, 4) is 0 Å². The van der Waals surface area contributed by atoms with Crippen LogP contribution in [0.2, 0.25) is 0 Å². The van der Waals surface area contributed by atoms with Gasteiger partial charge in [-0.1, -0.05) is 39.5 Å². The normalized spacial score (nSPS) is 16.9. The van der Waals surface area contributed by atoms with Gasteiger partial charge < -0.3 is 16.0 Å². The van der Waals surface area contributed by atoms with Crippen molar-refractivity contribution in [2.24, 2.45) is 5.73 Å². The van der Waals surface area contributed by atoms with Crippen LogP contribution in [0.4, 0.5) is 10.1 Å². The van der Waals surface area contributed by atoms with Crippen LogP contribution in [0.5, 0.6) is 0 Å². The third kappa shape index (κ3) is 5.39. The Balaban J connectivity index is 0.00000139. The molecule has 1 aliphatic rings. The van der Waals surface area contributed by atoms with Crippen LogP contribution in [0.3, 0.4) is 0 Å². The van der Waals surface area contributed by atoms with E-state index in [2.05, 4.69) is 11.9 Å². The van der Waals surface area contributed by atoms with Gasteiger partial charge in [0.05, 0.1) is 11.4 Å². The first-order chi connectivity index (χ1) is 11.5. The van der Waals surface area contributed by atoms with Gasteiger partial charge in [-0.2, -0.15) is 0 Å². The van der Waals surface area contributed by atoms with Crippen molar-refractivity contribution in [1.29, 1.82) is 0 Å². The van der Waals surface area contributed by atoms with E-state index in [1.165, 1.54) is 12.1 Å². The first-order valence-electron chi connectivity index (χ1n) is 8.35. The predicted molar refractivity (Wildman–Crippen MR) is 102 cm³/mol. The molecule has 0 radical (unpaired) electrons. The standard InChI is InChI=1S/C18H22FN3.C2H6/c1-4-16(20)9-11-21-10-8-13(2)18-14(3)22(18)17-7-5-6-15(19)12-17;1-2/h5-12,16,21H,3-4,20H2,1-2H3;1-2H3/b10-8-,11-9+,18-13?;. The number of nitrogens with two attached hydrogens (primary N) is 1. The van der Waals surface area contributed by atoms with Crippen LogP contribution in [0.1, 0.15) is 34.1 Å². The van der Waals surface area contributed by atoms with Crippen molar-refractivity contribution in [3.63, 3.8) is 0 Å². The number of allylic oxidation sites excluding steroid dienone is 2. The van der Waals surface area contributed by atoms with Crippen molar-refractivity contribution in [2.75, 3.05) is 4.90 Å². The lowest BCUT2D eigenvalue weighted by Gasteiger charge is -2.01. The third-order valence-corrected chi connectivity index (χ3v) is 3.50. The molecular weight excluding hydrogens is 301 g/mol. The van der Waals surface area contributed by atoms with Crippen molar-refractivity contribution >= 4 is 5.69 Å². The highest BCUT2D eigenvalue weighted by Crippen LogP contribution is 2.43. The van der Waals surface area contributed by atoms with Crippen LogP contribution in [0.15, 0.2) is 72.4 Å². The van der Waals surface area contributed by atoms with Gasteiger partial charge in [0, 0.05) is 17.9 Å². The Hall–Kier alpha value is -2.33. The van der Waals surface area contributed by atoms with Gasteiger partial charge in [-0.25, -0.2) is 4.39 Å². The molecule has 3 nitrogen and oxygen atoms in total. The zero-order valence-corrected chi connectivity index (χ0v) is 15.0. The molecule has 1 aromatic carbocycles. The number of anilines is 1. The quantitative estimate of drug-likeness (QED) is 0.736. The molecule has 0 saturated carbocycles. The van der Waals surface area contributed by atoms with Crippen molar-refractivity contribution in [3.05, 3.63) is 78.2 Å². The van der Waals surface area contributed by atoms with Crippen LogP contribution in [-0.2, 0) is 0 Å². The summed E-state index contributed by atoms with van der Waals surface area (Å²) in [6.07, 6.45) is 8.46. The number of benzene rings is 1. The summed E-state index contributed by atoms with van der Waals surface area (Å²) in [5, 5.41) is 3.06. The number of rotatable bonds is 6. The minimum Gasteiger partial charge on any atom is -0.368 e. The molecule has 0 spiro atoms. The molecule has 24 heavy (non-hydrogen) atoms. The van der Waals surface area contributed by atoms with E-state index in [1.54, 1.807) is 6.07 Å². The monoisotopic (exact) mass is 329 g/mol. The fraction of sp³-hybridized carbons (Fsp3) is 0.300. The maximum absolute atomic E-state index is 13.3. The van der Waals surface area contributed by atoms with Crippen LogP contribution in [0, 0.1) is 5.82 Å². The van der Waals surface area contributed by atoms with Gasteiger partial charge in [0.25, 0.3) is 0 Å². The molecule has 0 bridgehead atoms. The van der Waals surface area contributed by atoms with Crippen LogP contribution >= 0.6 is 0 Å². The Kier molecular flexibility index (Phi) is 7.99. The lowest BCUT2D eigenvalue weighted by Crippen LogP contribution is -2.15. The minimum absolute atomic E-state index is 0.0760. The zero-order chi connectivity index (χ0) is 18.1. The number of hydrogen-bond donors (Lipinski definition) is 2. The Labute approximate surface area is 145 Å². The molecule has 3 N–H and O–H groups in total. The summed E-state index contributed by atoms with van der Waals surface area (Å²) in [7, 11) is 0. The van der Waals surface area contributed by atoms with Crippen LogP contribution < -0.4 is 16.0 Å². The van der Waals surface area contributed by atoms with Gasteiger partial charge in [-0.3, -0.25) is 0 Å². The third-order valence-electron chi connectivity index (χ3n) is 3.50. The van der Waals surface area contributed by atoms with E-state index in [0.717, 1.165) is 29.1 Å². The van der Waals surface area contributed by atoms with Gasteiger partial charge in [-0.15, -0.1) is 0 Å². The average Bonchev–Trinajstić information content (AvgIpc) is 3.27. The van der Waals surface area contributed by atoms with Crippen molar-refractivity contribution in [2.45, 2.75) is 40.2 Å². The molecule has 1 unspecified atom stereocenters. The van der Waals surface area contributed by atoms with E-state index in [1.807, 2.05) is 63.2 Å². The summed E-state index contributed by atoms with van der Waals surface area (Å²) in [6, 6.07) is 6.58. The molecule has 0 aliphatic carbocycles. The Morgan fingerprint density at radius 3 is 2.71 bits per heavy atom. The SMILES string of the molecule is C=C1C(=C(C)/C=C\N/C=C/C(N)CC)N1c1cccc(F)c1.CC. The lowest BCUT2D eigenvalue weighted by molar-refractivity contribution is 0.628. The maximum atomic E-state index is 13.3. The highest BCUT2D eigenvalue weighted by Gasteiger charge is 2.34. The highest BCUT2D eigenvalue weighted by molar-refractivity contribution is 5.79. The Morgan fingerprint density at radius 1 is 1.38 bits per heavy atom. The molecule has 1 aromatic rings. The largest absolute Gasteiger partial charge is 0.368 e. The number of nitrogens with one attached hydrogen (secondary N) is 1. The second kappa shape index (κ2) is 9.73. The van der Waals surface area contributed by atoms with Gasteiger partial charge >= 0.3 is 0 Å². The molecular formula is C20H28FN3. The second-order valence-electron chi connectivity index (χ2n) is 5.22. The zero-order valence-electron chi connectivity index (χ0n) is 15.0. The molecule has 0 aromatic heterocycles. The first kappa shape index (κ1) is 19.7. The molecule has 1 heterocycles. The number of nitrogens with zero attached hydrogens (tertiary/aromatic N) is 1. The van der Waals surface area contributed by atoms with Gasteiger partial charge in [0.15, 0.2) is 0 Å². The minimum atomic E-state index is -0.246. The average molecular weight is 329 g/mol. The number of hydrogen-bond acceptors (Lipinski definition) is 3. The molecule has 130 valence electrons. The van der Waals surface area contributed by atoms with E-state index < -0.39 is 0 Å². The molecule has 1 aliphatic heterocycles. The highest BCUT2D eigenvalue weighted by atomic mass is 19.1. The van der Waals surface area contributed by atoms with Crippen molar-refractivity contribution in [1.82, 2.24) is 5.32 Å². The van der Waals surface area contributed by atoms with Gasteiger partial charge in [-0.05, 0) is 49.4 Å². The summed E-state index contributed by atoms with van der Waals surface area (Å²) in [6.45, 7) is 12.0. The Bertz CT molecular complexity index is 644. The van der Waals surface area contributed by atoms with E-state index in [9.17, 15) is 4.39 Å². The molecule has 0 amide bonds. The fourth-order valence-corrected chi connectivity index (χ4v) is 2.13. The van der Waals surface area contributed by atoms with E-state index in [-0.39, 0.29) is 11.9 Å². The maximum Gasteiger partial charge on any atom is 0.125 e. The summed E-state index contributed by atoms with van der Waals surface area (Å²) >= 11 is 0. The predicted octanol–water partition coefficient (Wildman–Crippen LogP) is 4.81.